The fourth-order valence-electron chi connectivity index (χ4n) is 4.41. The van der Waals surface area contributed by atoms with Gasteiger partial charge in [0.05, 0.1) is 52.5 Å². The van der Waals surface area contributed by atoms with E-state index < -0.39 is 11.9 Å². The third kappa shape index (κ3) is 3.29. The highest BCUT2D eigenvalue weighted by molar-refractivity contribution is 6.01. The summed E-state index contributed by atoms with van der Waals surface area (Å²) in [4.78, 5) is 19.1. The van der Waals surface area contributed by atoms with Crippen LogP contribution in [0.3, 0.4) is 0 Å². The Morgan fingerprint density at radius 1 is 1.28 bits per heavy atom. The number of carbonyl (C=O) groups excluding carboxylic acids is 1. The molecule has 0 spiro atoms. The highest BCUT2D eigenvalue weighted by Gasteiger charge is 2.29. The van der Waals surface area contributed by atoms with Crippen molar-refractivity contribution in [3.8, 4) is 23.0 Å². The van der Waals surface area contributed by atoms with Crippen LogP contribution < -0.4 is 10.2 Å². The molecule has 4 heterocycles. The summed E-state index contributed by atoms with van der Waals surface area (Å²) in [6.07, 6.45) is 2.93. The Balaban J connectivity index is 1.64. The maximum Gasteiger partial charge on any atom is 0.255 e. The predicted molar refractivity (Wildman–Crippen MR) is 115 cm³/mol. The zero-order valence-electron chi connectivity index (χ0n) is 17.4. The molecule has 1 amide bonds. The van der Waals surface area contributed by atoms with Gasteiger partial charge >= 0.3 is 0 Å². The van der Waals surface area contributed by atoms with E-state index in [2.05, 4.69) is 22.3 Å². The molecular weight excluding hydrogens is 411 g/mol. The number of β-amino-alcohol motifs (C(OH)–C–C–N with tert-alkyl or cyclic N) is 1. The van der Waals surface area contributed by atoms with E-state index in [1.54, 1.807) is 16.9 Å². The normalized spacial score (nSPS) is 20.1. The Hall–Kier alpha value is -3.77. The summed E-state index contributed by atoms with van der Waals surface area (Å²) in [5.41, 5.74) is 1.85. The molecule has 1 fully saturated rings. The second kappa shape index (κ2) is 7.73. The first-order chi connectivity index (χ1) is 15.5. The van der Waals surface area contributed by atoms with Crippen LogP contribution in [0.5, 0.6) is 0 Å². The summed E-state index contributed by atoms with van der Waals surface area (Å²) in [5, 5.41) is 27.0. The number of halogens is 1. The molecule has 3 aromatic rings. The van der Waals surface area contributed by atoms with Crippen molar-refractivity contribution < 1.29 is 14.3 Å². The summed E-state index contributed by atoms with van der Waals surface area (Å²) < 4.78 is 16.3. The number of carbonyl (C=O) groups is 1. The average molecular weight is 432 g/mol. The number of hydrogen-bond donors (Lipinski definition) is 2. The number of amides is 1. The molecule has 1 saturated heterocycles. The molecule has 0 saturated carbocycles. The summed E-state index contributed by atoms with van der Waals surface area (Å²) in [6.45, 7) is 2.79. The third-order valence-electron chi connectivity index (χ3n) is 6.08. The van der Waals surface area contributed by atoms with Crippen molar-refractivity contribution in [2.24, 2.45) is 0 Å². The SMILES string of the molecule is CC1CCC(O)CN1c1ccn(-c2cc(-c3c(F)cccc3C#N)nc3c2C(=O)NC3)n1. The van der Waals surface area contributed by atoms with Gasteiger partial charge in [0.2, 0.25) is 0 Å². The van der Waals surface area contributed by atoms with Crippen molar-refractivity contribution in [3.05, 3.63) is 59.2 Å². The molecule has 0 aliphatic carbocycles. The number of nitrogens with one attached hydrogen (secondary N) is 1. The Kier molecular flexibility index (Phi) is 4.87. The van der Waals surface area contributed by atoms with Crippen LogP contribution in [-0.2, 0) is 6.54 Å². The Morgan fingerprint density at radius 2 is 2.12 bits per heavy atom. The first-order valence-corrected chi connectivity index (χ1v) is 10.5. The summed E-state index contributed by atoms with van der Waals surface area (Å²) in [6, 6.07) is 9.95. The fraction of sp³-hybridized carbons (Fsp3) is 0.304. The van der Waals surface area contributed by atoms with Gasteiger partial charge in [-0.15, -0.1) is 0 Å². The molecule has 2 N–H and O–H groups in total. The number of aromatic nitrogens is 3. The van der Waals surface area contributed by atoms with Crippen LogP contribution in [0, 0.1) is 17.1 Å². The largest absolute Gasteiger partial charge is 0.391 e. The van der Waals surface area contributed by atoms with Crippen molar-refractivity contribution in [1.29, 1.82) is 5.26 Å². The van der Waals surface area contributed by atoms with Gasteiger partial charge in [-0.1, -0.05) is 6.07 Å². The van der Waals surface area contributed by atoms with Gasteiger partial charge in [-0.25, -0.2) is 14.1 Å². The van der Waals surface area contributed by atoms with Crippen LogP contribution in [0.2, 0.25) is 0 Å². The molecule has 2 aliphatic rings. The number of piperidine rings is 1. The predicted octanol–water partition coefficient (Wildman–Crippen LogP) is 2.54. The van der Waals surface area contributed by atoms with E-state index in [9.17, 15) is 19.6 Å². The summed E-state index contributed by atoms with van der Waals surface area (Å²) in [5.74, 6) is -0.149. The number of aliphatic hydroxyl groups is 1. The van der Waals surface area contributed by atoms with Crippen molar-refractivity contribution in [2.45, 2.75) is 38.5 Å². The number of nitriles is 1. The number of anilines is 1. The van der Waals surface area contributed by atoms with Gasteiger partial charge in [-0.3, -0.25) is 4.79 Å². The number of rotatable bonds is 3. The number of aliphatic hydroxyl groups excluding tert-OH is 1. The lowest BCUT2D eigenvalue weighted by Gasteiger charge is -2.36. The Labute approximate surface area is 183 Å². The van der Waals surface area contributed by atoms with Crippen LogP contribution in [-0.4, -0.2) is 44.5 Å². The Bertz CT molecular complexity index is 1260. The van der Waals surface area contributed by atoms with Crippen LogP contribution in [0.15, 0.2) is 36.5 Å². The maximum absolute atomic E-state index is 14.7. The van der Waals surface area contributed by atoms with Crippen LogP contribution >= 0.6 is 0 Å². The van der Waals surface area contributed by atoms with E-state index in [-0.39, 0.29) is 35.3 Å². The zero-order valence-corrected chi connectivity index (χ0v) is 17.4. The standard InChI is InChI=1S/C23H21FN6O2/c1-13-5-6-15(31)12-29(13)20-7-8-30(28-20)19-9-17(27-18-11-26-23(32)22(18)19)21-14(10-25)3-2-4-16(21)24/h2-4,7-9,13,15,31H,5-6,11-12H2,1H3,(H,26,32). The molecule has 2 aromatic heterocycles. The van der Waals surface area contributed by atoms with E-state index in [0.29, 0.717) is 29.3 Å². The molecule has 1 aromatic carbocycles. The van der Waals surface area contributed by atoms with Crippen molar-refractivity contribution >= 4 is 11.7 Å². The van der Waals surface area contributed by atoms with Crippen LogP contribution in [0.1, 0.15) is 41.4 Å². The number of pyridine rings is 1. The van der Waals surface area contributed by atoms with E-state index in [4.69, 9.17) is 0 Å². The minimum absolute atomic E-state index is 0.0959. The molecule has 8 nitrogen and oxygen atoms in total. The minimum atomic E-state index is -0.558. The van der Waals surface area contributed by atoms with Gasteiger partial charge in [0, 0.05) is 24.8 Å². The van der Waals surface area contributed by atoms with Gasteiger partial charge in [-0.2, -0.15) is 10.4 Å². The van der Waals surface area contributed by atoms with Gasteiger partial charge in [0.15, 0.2) is 5.82 Å². The lowest BCUT2D eigenvalue weighted by molar-refractivity contribution is 0.0965. The van der Waals surface area contributed by atoms with Gasteiger partial charge in [0.25, 0.3) is 5.91 Å². The van der Waals surface area contributed by atoms with Gasteiger partial charge < -0.3 is 15.3 Å². The summed E-state index contributed by atoms with van der Waals surface area (Å²) in [7, 11) is 0. The number of nitrogens with zero attached hydrogens (tertiary/aromatic N) is 5. The quantitative estimate of drug-likeness (QED) is 0.659. The average Bonchev–Trinajstić information content (AvgIpc) is 3.42. The van der Waals surface area contributed by atoms with E-state index in [1.807, 2.05) is 17.0 Å². The van der Waals surface area contributed by atoms with Crippen LogP contribution in [0.25, 0.3) is 16.9 Å². The fourth-order valence-corrected chi connectivity index (χ4v) is 4.41. The first-order valence-electron chi connectivity index (χ1n) is 10.5. The monoisotopic (exact) mass is 432 g/mol. The highest BCUT2D eigenvalue weighted by Crippen LogP contribution is 2.32. The number of benzene rings is 1. The molecule has 0 bridgehead atoms. The second-order valence-electron chi connectivity index (χ2n) is 8.16. The molecule has 2 atom stereocenters. The summed E-state index contributed by atoms with van der Waals surface area (Å²) >= 11 is 0. The molecule has 0 radical (unpaired) electrons. The first kappa shape index (κ1) is 20.2. The molecule has 9 heteroatoms. The number of hydrogen-bond acceptors (Lipinski definition) is 6. The molecule has 32 heavy (non-hydrogen) atoms. The topological polar surface area (TPSA) is 107 Å². The molecule has 2 unspecified atom stereocenters. The molecule has 5 rings (SSSR count). The minimum Gasteiger partial charge on any atom is -0.391 e. The van der Waals surface area contributed by atoms with Crippen LogP contribution in [0.4, 0.5) is 10.2 Å². The maximum atomic E-state index is 14.7. The molecular formula is C23H21FN6O2. The highest BCUT2D eigenvalue weighted by atomic mass is 19.1. The smallest absolute Gasteiger partial charge is 0.255 e. The van der Waals surface area contributed by atoms with Gasteiger partial charge in [0.1, 0.15) is 5.82 Å². The number of fused-ring (bicyclic) bond motifs is 1. The zero-order chi connectivity index (χ0) is 22.4. The lowest BCUT2D eigenvalue weighted by Crippen LogP contribution is -2.44. The van der Waals surface area contributed by atoms with Crippen molar-refractivity contribution in [3.63, 3.8) is 0 Å². The second-order valence-corrected chi connectivity index (χ2v) is 8.16. The van der Waals surface area contributed by atoms with E-state index in [1.165, 1.54) is 18.2 Å². The third-order valence-corrected chi connectivity index (χ3v) is 6.08. The Morgan fingerprint density at radius 3 is 2.94 bits per heavy atom. The van der Waals surface area contributed by atoms with Crippen molar-refractivity contribution in [2.75, 3.05) is 11.4 Å². The molecule has 162 valence electrons. The molecule has 2 aliphatic heterocycles. The lowest BCUT2D eigenvalue weighted by atomic mass is 10.0. The van der Waals surface area contributed by atoms with E-state index >= 15 is 0 Å². The van der Waals surface area contributed by atoms with E-state index in [0.717, 1.165) is 12.8 Å². The van der Waals surface area contributed by atoms with Crippen molar-refractivity contribution in [1.82, 2.24) is 20.1 Å². The van der Waals surface area contributed by atoms with Gasteiger partial charge in [-0.05, 0) is 38.0 Å².